The van der Waals surface area contributed by atoms with Gasteiger partial charge in [-0.05, 0) is 13.3 Å². The summed E-state index contributed by atoms with van der Waals surface area (Å²) in [4.78, 5) is 39.4. The number of nitrogens with one attached hydrogen (secondary N) is 2. The van der Waals surface area contributed by atoms with E-state index in [0.29, 0.717) is 37.5 Å². The summed E-state index contributed by atoms with van der Waals surface area (Å²) in [5, 5.41) is 2.39. The molecule has 10 heteroatoms. The summed E-state index contributed by atoms with van der Waals surface area (Å²) in [6.07, 6.45) is 5.98. The predicted molar refractivity (Wildman–Crippen MR) is 115 cm³/mol. The molecule has 0 saturated carbocycles. The maximum Gasteiger partial charge on any atom is 0.272 e. The number of H-pyrrole nitrogens is 1. The number of rotatable bonds is 5. The lowest BCUT2D eigenvalue weighted by molar-refractivity contribution is 0.0953. The highest BCUT2D eigenvalue weighted by atomic mass is 19.1. The molecule has 0 aliphatic carbocycles. The number of nitrogens with zero attached hydrogens (tertiary/aromatic N) is 5. The smallest absolute Gasteiger partial charge is 0.272 e. The van der Waals surface area contributed by atoms with Gasteiger partial charge < -0.3 is 10.2 Å². The Morgan fingerprint density at radius 2 is 2.16 bits per heavy atom. The van der Waals surface area contributed by atoms with Crippen LogP contribution in [-0.2, 0) is 13.0 Å². The molecular formula is C21H26FN7O2. The summed E-state index contributed by atoms with van der Waals surface area (Å²) in [6.45, 7) is 6.89. The summed E-state index contributed by atoms with van der Waals surface area (Å²) < 4.78 is 16.2. The molecule has 9 nitrogen and oxygen atoms in total. The van der Waals surface area contributed by atoms with Gasteiger partial charge in [-0.25, -0.2) is 14.4 Å². The van der Waals surface area contributed by atoms with Gasteiger partial charge in [0.1, 0.15) is 0 Å². The molecule has 0 radical (unpaired) electrons. The maximum absolute atomic E-state index is 14.3. The van der Waals surface area contributed by atoms with Crippen molar-refractivity contribution < 1.29 is 9.18 Å². The van der Waals surface area contributed by atoms with Crippen molar-refractivity contribution in [2.24, 2.45) is 0 Å². The second-order valence-corrected chi connectivity index (χ2v) is 7.79. The van der Waals surface area contributed by atoms with Crippen LogP contribution in [0.1, 0.15) is 35.6 Å². The molecule has 2 N–H and O–H groups in total. The molecule has 1 aliphatic heterocycles. The molecule has 3 aromatic heterocycles. The van der Waals surface area contributed by atoms with Crippen LogP contribution in [0.2, 0.25) is 0 Å². The van der Waals surface area contributed by atoms with E-state index in [1.807, 2.05) is 23.7 Å². The van der Waals surface area contributed by atoms with Crippen LogP contribution in [0.25, 0.3) is 5.78 Å². The van der Waals surface area contributed by atoms with Crippen molar-refractivity contribution in [1.29, 1.82) is 0 Å². The Bertz CT molecular complexity index is 1170. The molecular weight excluding hydrogens is 401 g/mol. The number of carbonyl (C=O) groups excluding carboxylic acids is 1. The molecule has 1 amide bonds. The van der Waals surface area contributed by atoms with E-state index in [4.69, 9.17) is 0 Å². The van der Waals surface area contributed by atoms with Crippen molar-refractivity contribution in [3.05, 3.63) is 57.8 Å². The number of piperazine rings is 1. The fraction of sp³-hybridized carbons (Fsp3) is 0.429. The molecule has 4 heterocycles. The van der Waals surface area contributed by atoms with Gasteiger partial charge in [0, 0.05) is 63.3 Å². The molecule has 4 rings (SSSR count). The van der Waals surface area contributed by atoms with E-state index in [2.05, 4.69) is 37.0 Å². The monoisotopic (exact) mass is 427 g/mol. The zero-order valence-electron chi connectivity index (χ0n) is 17.9. The van der Waals surface area contributed by atoms with Gasteiger partial charge in [-0.1, -0.05) is 6.92 Å². The van der Waals surface area contributed by atoms with Crippen LogP contribution in [0.4, 0.5) is 10.1 Å². The van der Waals surface area contributed by atoms with Crippen molar-refractivity contribution in [1.82, 2.24) is 29.6 Å². The van der Waals surface area contributed by atoms with Gasteiger partial charge in [-0.3, -0.25) is 23.9 Å². The van der Waals surface area contributed by atoms with Gasteiger partial charge in [0.25, 0.3) is 11.5 Å². The van der Waals surface area contributed by atoms with Crippen LogP contribution in [0.15, 0.2) is 29.5 Å². The van der Waals surface area contributed by atoms with Gasteiger partial charge in [0.05, 0.1) is 17.6 Å². The van der Waals surface area contributed by atoms with Crippen molar-refractivity contribution in [2.45, 2.75) is 32.9 Å². The van der Waals surface area contributed by atoms with E-state index < -0.39 is 11.7 Å². The van der Waals surface area contributed by atoms with E-state index >= 15 is 0 Å². The predicted octanol–water partition coefficient (Wildman–Crippen LogP) is 1.19. The number of hydrogen-bond acceptors (Lipinski definition) is 6. The topological polar surface area (TPSA) is 98.6 Å². The number of aryl methyl sites for hydroxylation is 1. The lowest BCUT2D eigenvalue weighted by Gasteiger charge is -2.40. The Kier molecular flexibility index (Phi) is 5.73. The zero-order valence-corrected chi connectivity index (χ0v) is 17.9. The fourth-order valence-electron chi connectivity index (χ4n) is 3.93. The van der Waals surface area contributed by atoms with E-state index in [-0.39, 0.29) is 17.3 Å². The number of pyridine rings is 1. The van der Waals surface area contributed by atoms with Gasteiger partial charge >= 0.3 is 0 Å². The molecule has 0 aromatic carbocycles. The third-order valence-corrected chi connectivity index (χ3v) is 5.74. The van der Waals surface area contributed by atoms with Crippen molar-refractivity contribution in [3.63, 3.8) is 0 Å². The average molecular weight is 427 g/mol. The Hall–Kier alpha value is -3.27. The minimum Gasteiger partial charge on any atom is -0.367 e. The summed E-state index contributed by atoms with van der Waals surface area (Å²) >= 11 is 0. The molecule has 1 aliphatic rings. The van der Waals surface area contributed by atoms with Crippen molar-refractivity contribution in [3.8, 4) is 0 Å². The summed E-state index contributed by atoms with van der Waals surface area (Å²) in [5.74, 6) is -0.625. The highest BCUT2D eigenvalue weighted by Crippen LogP contribution is 2.22. The third-order valence-electron chi connectivity index (χ3n) is 5.74. The number of amides is 1. The van der Waals surface area contributed by atoms with Crippen LogP contribution in [-0.4, -0.2) is 62.9 Å². The van der Waals surface area contributed by atoms with E-state index in [9.17, 15) is 14.0 Å². The fourth-order valence-corrected chi connectivity index (χ4v) is 3.93. The van der Waals surface area contributed by atoms with Crippen molar-refractivity contribution in [2.75, 3.05) is 31.6 Å². The second kappa shape index (κ2) is 8.46. The minimum atomic E-state index is -0.628. The normalized spacial score (nSPS) is 17.3. The highest BCUT2D eigenvalue weighted by molar-refractivity contribution is 5.92. The van der Waals surface area contributed by atoms with Crippen LogP contribution in [0.3, 0.4) is 0 Å². The lowest BCUT2D eigenvalue weighted by atomic mass is 10.1. The Morgan fingerprint density at radius 1 is 1.35 bits per heavy atom. The molecule has 1 atom stereocenters. The number of imidazole rings is 1. The average Bonchev–Trinajstić information content (AvgIpc) is 3.14. The zero-order chi connectivity index (χ0) is 22.1. The van der Waals surface area contributed by atoms with Crippen LogP contribution in [0.5, 0.6) is 0 Å². The van der Waals surface area contributed by atoms with Gasteiger partial charge in [-0.15, -0.1) is 0 Å². The second-order valence-electron chi connectivity index (χ2n) is 7.79. The molecule has 0 bridgehead atoms. The first-order valence-corrected chi connectivity index (χ1v) is 10.4. The van der Waals surface area contributed by atoms with Gasteiger partial charge in [-0.2, -0.15) is 0 Å². The SMILES string of the molecule is CCc1cn2cc(CN3CCN(c4cnc(C(=O)NC)c(F)c4)CC3C)nc2[nH]c1=O. The first kappa shape index (κ1) is 21.0. The Balaban J connectivity index is 1.45. The molecule has 1 fully saturated rings. The molecule has 1 unspecified atom stereocenters. The highest BCUT2D eigenvalue weighted by Gasteiger charge is 2.26. The van der Waals surface area contributed by atoms with Gasteiger partial charge in [0.15, 0.2) is 11.5 Å². The van der Waals surface area contributed by atoms with E-state index in [1.54, 1.807) is 6.20 Å². The Labute approximate surface area is 178 Å². The Morgan fingerprint density at radius 3 is 2.84 bits per heavy atom. The summed E-state index contributed by atoms with van der Waals surface area (Å²) in [7, 11) is 1.45. The molecule has 164 valence electrons. The lowest BCUT2D eigenvalue weighted by Crippen LogP contribution is -2.51. The number of aromatic nitrogens is 4. The van der Waals surface area contributed by atoms with Crippen LogP contribution < -0.4 is 15.8 Å². The largest absolute Gasteiger partial charge is 0.367 e. The van der Waals surface area contributed by atoms with Gasteiger partial charge in [0.2, 0.25) is 5.78 Å². The first-order chi connectivity index (χ1) is 14.9. The molecule has 31 heavy (non-hydrogen) atoms. The maximum atomic E-state index is 14.3. The number of anilines is 1. The number of aromatic amines is 1. The quantitative estimate of drug-likeness (QED) is 0.635. The molecule has 0 spiro atoms. The number of halogens is 1. The van der Waals surface area contributed by atoms with Crippen LogP contribution in [0, 0.1) is 5.82 Å². The van der Waals surface area contributed by atoms with Crippen LogP contribution >= 0.6 is 0 Å². The number of carbonyl (C=O) groups is 1. The summed E-state index contributed by atoms with van der Waals surface area (Å²) in [5.41, 5.74) is 1.97. The molecule has 1 saturated heterocycles. The number of fused-ring (bicyclic) bond motifs is 1. The standard InChI is InChI=1S/C21H26FN7O2/c1-4-14-10-29-12-15(25-21(29)26-19(14)30)11-27-5-6-28(9-13(27)2)16-7-17(22)18(24-8-16)20(31)23-3/h7-8,10,12-13H,4-6,9,11H2,1-3H3,(H,23,31)(H,25,26,30). The van der Waals surface area contributed by atoms with E-state index in [0.717, 1.165) is 17.8 Å². The number of hydrogen-bond donors (Lipinski definition) is 2. The summed E-state index contributed by atoms with van der Waals surface area (Å²) in [6, 6.07) is 1.56. The van der Waals surface area contributed by atoms with E-state index in [1.165, 1.54) is 13.1 Å². The third kappa shape index (κ3) is 4.15. The minimum absolute atomic E-state index is 0.0996. The molecule has 3 aromatic rings. The van der Waals surface area contributed by atoms with Crippen molar-refractivity contribution >= 4 is 17.4 Å². The first-order valence-electron chi connectivity index (χ1n) is 10.4.